The number of nitrogens with two attached hydrogens (primary N) is 1. The molecule has 1 heterocycles. The van der Waals surface area contributed by atoms with Crippen molar-refractivity contribution in [2.75, 3.05) is 43.6 Å². The number of anilines is 2. The number of carbonyl (C=O) groups is 3. The lowest BCUT2D eigenvalue weighted by Crippen LogP contribution is -2.51. The first kappa shape index (κ1) is 19.7. The average molecular weight is 370 g/mol. The highest BCUT2D eigenvalue weighted by Crippen LogP contribution is 2.20. The van der Waals surface area contributed by atoms with Crippen LogP contribution in [0.1, 0.15) is 0 Å². The van der Waals surface area contributed by atoms with Gasteiger partial charge in [-0.3, -0.25) is 19.3 Å². The molecule has 0 aliphatic carbocycles. The van der Waals surface area contributed by atoms with Crippen molar-refractivity contribution < 1.29 is 27.9 Å². The van der Waals surface area contributed by atoms with Crippen molar-refractivity contribution in [3.8, 4) is 0 Å². The van der Waals surface area contributed by atoms with Crippen LogP contribution >= 0.6 is 0 Å². The molecular formula is C16H20F2N4O4. The fraction of sp³-hybridized carbons (Fsp3) is 0.438. The first-order chi connectivity index (χ1) is 12.3. The van der Waals surface area contributed by atoms with E-state index in [1.165, 1.54) is 7.05 Å². The Morgan fingerprint density at radius 1 is 1.35 bits per heavy atom. The van der Waals surface area contributed by atoms with Gasteiger partial charge in [-0.2, -0.15) is 0 Å². The maximum atomic E-state index is 12.5. The third kappa shape index (κ3) is 4.96. The van der Waals surface area contributed by atoms with Crippen molar-refractivity contribution in [1.29, 1.82) is 0 Å². The summed E-state index contributed by atoms with van der Waals surface area (Å²) in [4.78, 5) is 37.9. The Bertz CT molecular complexity index is 669. The van der Waals surface area contributed by atoms with Crippen LogP contribution in [0.5, 0.6) is 0 Å². The predicted octanol–water partition coefficient (Wildman–Crippen LogP) is 0.0391. The Morgan fingerprint density at radius 2 is 2.00 bits per heavy atom. The molecule has 1 aliphatic heterocycles. The highest BCUT2D eigenvalue weighted by molar-refractivity contribution is 6.09. The molecule has 1 fully saturated rings. The monoisotopic (exact) mass is 370 g/mol. The molecule has 0 aromatic heterocycles. The third-order valence-electron chi connectivity index (χ3n) is 3.82. The smallest absolute Gasteiger partial charge is 0.253 e. The third-order valence-corrected chi connectivity index (χ3v) is 3.82. The highest BCUT2D eigenvalue weighted by Gasteiger charge is 2.30. The van der Waals surface area contributed by atoms with Gasteiger partial charge in [-0.25, -0.2) is 8.78 Å². The molecule has 10 heteroatoms. The summed E-state index contributed by atoms with van der Waals surface area (Å²) in [5, 5.41) is 2.46. The van der Waals surface area contributed by atoms with Gasteiger partial charge in [-0.1, -0.05) is 0 Å². The Balaban J connectivity index is 2.05. The number of rotatable bonds is 7. The van der Waals surface area contributed by atoms with Gasteiger partial charge in [0.2, 0.25) is 5.91 Å². The number of hydrogen-bond acceptors (Lipinski definition) is 5. The number of halogens is 2. The van der Waals surface area contributed by atoms with Crippen LogP contribution in [0.15, 0.2) is 24.3 Å². The van der Waals surface area contributed by atoms with Gasteiger partial charge in [-0.05, 0) is 31.3 Å². The highest BCUT2D eigenvalue weighted by atomic mass is 19.3. The van der Waals surface area contributed by atoms with Crippen LogP contribution < -0.4 is 16.0 Å². The molecule has 3 amide bonds. The SMILES string of the molecule is CN(CC(F)F)[C@H](C(N)=O)C(=O)Nc1ccc(N2CCOCC2=O)cc1. The number of hydrogen-bond donors (Lipinski definition) is 2. The number of amides is 3. The van der Waals surface area contributed by atoms with E-state index >= 15 is 0 Å². The molecule has 142 valence electrons. The van der Waals surface area contributed by atoms with Crippen LogP contribution in [-0.2, 0) is 19.1 Å². The molecular weight excluding hydrogens is 350 g/mol. The van der Waals surface area contributed by atoms with Crippen LogP contribution in [0.2, 0.25) is 0 Å². The van der Waals surface area contributed by atoms with E-state index in [4.69, 9.17) is 10.5 Å². The number of morpholine rings is 1. The molecule has 26 heavy (non-hydrogen) atoms. The maximum Gasteiger partial charge on any atom is 0.253 e. The standard InChI is InChI=1S/C16H20F2N4O4/c1-21(8-12(17)18)14(15(19)24)16(25)20-10-2-4-11(5-3-10)22-6-7-26-9-13(22)23/h2-5,12,14H,6-9H2,1H3,(H2,19,24)(H,20,25)/t14-/m1/s1. The van der Waals surface area contributed by atoms with Crippen molar-refractivity contribution in [3.63, 3.8) is 0 Å². The number of primary amides is 1. The van der Waals surface area contributed by atoms with Gasteiger partial charge in [0.1, 0.15) is 6.61 Å². The van der Waals surface area contributed by atoms with Crippen molar-refractivity contribution in [1.82, 2.24) is 4.90 Å². The second-order valence-corrected chi connectivity index (χ2v) is 5.77. The van der Waals surface area contributed by atoms with Gasteiger partial charge in [0.15, 0.2) is 6.04 Å². The summed E-state index contributed by atoms with van der Waals surface area (Å²) >= 11 is 0. The molecule has 0 unspecified atom stereocenters. The van der Waals surface area contributed by atoms with Gasteiger partial charge in [0, 0.05) is 17.9 Å². The molecule has 0 radical (unpaired) electrons. The van der Waals surface area contributed by atoms with Crippen LogP contribution in [0.25, 0.3) is 0 Å². The Labute approximate surface area is 148 Å². The second-order valence-electron chi connectivity index (χ2n) is 5.77. The number of alkyl halides is 2. The van der Waals surface area contributed by atoms with Crippen molar-refractivity contribution in [2.45, 2.75) is 12.5 Å². The number of nitrogens with zero attached hydrogens (tertiary/aromatic N) is 2. The van der Waals surface area contributed by atoms with E-state index < -0.39 is 30.8 Å². The maximum absolute atomic E-state index is 12.5. The minimum Gasteiger partial charge on any atom is -0.370 e. The molecule has 1 aromatic carbocycles. The molecule has 0 saturated carbocycles. The van der Waals surface area contributed by atoms with E-state index in [1.54, 1.807) is 29.2 Å². The summed E-state index contributed by atoms with van der Waals surface area (Å²) < 4.78 is 30.0. The van der Waals surface area contributed by atoms with Gasteiger partial charge in [0.05, 0.1) is 13.2 Å². The summed E-state index contributed by atoms with van der Waals surface area (Å²) in [5.74, 6) is -2.01. The lowest BCUT2D eigenvalue weighted by Gasteiger charge is -2.27. The molecule has 2 rings (SSSR count). The van der Waals surface area contributed by atoms with E-state index in [1.807, 2.05) is 0 Å². The van der Waals surface area contributed by atoms with E-state index in [9.17, 15) is 23.2 Å². The molecule has 1 saturated heterocycles. The first-order valence-corrected chi connectivity index (χ1v) is 7.86. The van der Waals surface area contributed by atoms with Crippen LogP contribution in [0.4, 0.5) is 20.2 Å². The van der Waals surface area contributed by atoms with Gasteiger partial charge in [-0.15, -0.1) is 0 Å². The number of ether oxygens (including phenoxy) is 1. The van der Waals surface area contributed by atoms with Crippen LogP contribution in [0.3, 0.4) is 0 Å². The van der Waals surface area contributed by atoms with E-state index in [0.29, 0.717) is 24.5 Å². The van der Waals surface area contributed by atoms with Crippen molar-refractivity contribution in [3.05, 3.63) is 24.3 Å². The van der Waals surface area contributed by atoms with Crippen molar-refractivity contribution in [2.24, 2.45) is 5.73 Å². The summed E-state index contributed by atoms with van der Waals surface area (Å²) in [7, 11) is 1.22. The molecule has 1 aromatic rings. The number of benzene rings is 1. The van der Waals surface area contributed by atoms with Crippen LogP contribution in [-0.4, -0.2) is 68.4 Å². The fourth-order valence-electron chi connectivity index (χ4n) is 2.60. The normalized spacial score (nSPS) is 16.0. The molecule has 0 bridgehead atoms. The van der Waals surface area contributed by atoms with E-state index in [0.717, 1.165) is 4.90 Å². The molecule has 8 nitrogen and oxygen atoms in total. The topological polar surface area (TPSA) is 105 Å². The van der Waals surface area contributed by atoms with Gasteiger partial charge in [0.25, 0.3) is 18.2 Å². The largest absolute Gasteiger partial charge is 0.370 e. The molecule has 1 aliphatic rings. The molecule has 3 N–H and O–H groups in total. The minimum atomic E-state index is -2.71. The Hall–Kier alpha value is -2.59. The Morgan fingerprint density at radius 3 is 2.54 bits per heavy atom. The quantitative estimate of drug-likeness (QED) is 0.660. The fourth-order valence-corrected chi connectivity index (χ4v) is 2.60. The minimum absolute atomic E-state index is 0.00918. The zero-order chi connectivity index (χ0) is 19.3. The summed E-state index contributed by atoms with van der Waals surface area (Å²) in [6, 6.07) is 4.81. The second kappa shape index (κ2) is 8.68. The van der Waals surface area contributed by atoms with Gasteiger partial charge < -0.3 is 20.7 Å². The summed E-state index contributed by atoms with van der Waals surface area (Å²) in [5.41, 5.74) is 6.14. The average Bonchev–Trinajstić information content (AvgIpc) is 2.55. The van der Waals surface area contributed by atoms with E-state index in [2.05, 4.69) is 5.32 Å². The van der Waals surface area contributed by atoms with E-state index in [-0.39, 0.29) is 12.5 Å². The van der Waals surface area contributed by atoms with Crippen LogP contribution in [0, 0.1) is 0 Å². The Kier molecular flexibility index (Phi) is 6.58. The predicted molar refractivity (Wildman–Crippen MR) is 89.9 cm³/mol. The molecule has 0 spiro atoms. The van der Waals surface area contributed by atoms with Crippen molar-refractivity contribution >= 4 is 29.1 Å². The number of likely N-dealkylation sites (N-methyl/N-ethyl adjacent to an activating group) is 1. The molecule has 1 atom stereocenters. The summed E-state index contributed by atoms with van der Waals surface area (Å²) in [6.07, 6.45) is -2.71. The van der Waals surface area contributed by atoms with Gasteiger partial charge >= 0.3 is 0 Å². The number of nitrogens with one attached hydrogen (secondary N) is 1. The zero-order valence-corrected chi connectivity index (χ0v) is 14.2. The first-order valence-electron chi connectivity index (χ1n) is 7.86. The lowest BCUT2D eigenvalue weighted by molar-refractivity contribution is -0.132. The number of carbonyl (C=O) groups excluding carboxylic acids is 3. The zero-order valence-electron chi connectivity index (χ0n) is 14.2. The lowest BCUT2D eigenvalue weighted by atomic mass is 10.2. The summed E-state index contributed by atoms with van der Waals surface area (Å²) in [6.45, 7) is 0.0993.